The maximum absolute atomic E-state index is 14.1. The maximum Gasteiger partial charge on any atom is 0.407 e. The van der Waals surface area contributed by atoms with Crippen LogP contribution in [0.2, 0.25) is 0 Å². The number of ether oxygens (including phenoxy) is 4. The van der Waals surface area contributed by atoms with E-state index < -0.39 is 35.6 Å². The number of hydrogen-bond donors (Lipinski definition) is 4. The monoisotopic (exact) mass is 890 g/mol. The number of aldehydes is 1. The van der Waals surface area contributed by atoms with Crippen LogP contribution in [-0.2, 0) is 28.5 Å². The molecule has 16 heteroatoms. The number of fused-ring (bicyclic) bond motifs is 2. The third-order valence-corrected chi connectivity index (χ3v) is 14.8. The number of methoxy groups -OCH3 is 2. The number of rotatable bonds is 13. The van der Waals surface area contributed by atoms with Crippen molar-refractivity contribution >= 4 is 24.4 Å². The van der Waals surface area contributed by atoms with Crippen LogP contribution < -0.4 is 10.6 Å². The molecular formula is C49H62N8O8. The van der Waals surface area contributed by atoms with E-state index in [2.05, 4.69) is 61.9 Å². The lowest BCUT2D eigenvalue weighted by Gasteiger charge is -2.41. The van der Waals surface area contributed by atoms with Gasteiger partial charge in [-0.3, -0.25) is 9.69 Å². The highest BCUT2D eigenvalue weighted by Crippen LogP contribution is 2.55. The van der Waals surface area contributed by atoms with E-state index in [4.69, 9.17) is 28.9 Å². The van der Waals surface area contributed by atoms with E-state index >= 15 is 0 Å². The van der Waals surface area contributed by atoms with Gasteiger partial charge in [0.15, 0.2) is 5.79 Å². The molecule has 1 saturated carbocycles. The molecule has 4 unspecified atom stereocenters. The molecule has 1 spiro atoms. The molecule has 4 atom stereocenters. The van der Waals surface area contributed by atoms with Crippen LogP contribution in [-0.4, -0.2) is 119 Å². The SMILES string of the molecule is COC(=O)NC(C(=O)N1CC2(CC1c1ncc(-c3ccc(-c4ccc(-c5cnc(C6CCCN6CC(C=O)(NC(=O)OC)C(C)C)[nH]5)c5c4C4CCC5CC4)cc3)[nH]1)OCCO2)C(C)C. The second-order valence-corrected chi connectivity index (χ2v) is 19.2. The van der Waals surface area contributed by atoms with Crippen LogP contribution in [0.4, 0.5) is 9.59 Å². The Morgan fingerprint density at radius 1 is 0.831 bits per heavy atom. The first-order chi connectivity index (χ1) is 31.4. The predicted molar refractivity (Wildman–Crippen MR) is 242 cm³/mol. The zero-order chi connectivity index (χ0) is 45.6. The van der Waals surface area contributed by atoms with Crippen molar-refractivity contribution in [3.8, 4) is 33.6 Å². The molecule has 346 valence electrons. The van der Waals surface area contributed by atoms with Crippen LogP contribution in [0.5, 0.6) is 0 Å². The summed E-state index contributed by atoms with van der Waals surface area (Å²) < 4.78 is 21.9. The Bertz CT molecular complexity index is 2400. The minimum absolute atomic E-state index is 0.0172. The van der Waals surface area contributed by atoms with Gasteiger partial charge in [0.25, 0.3) is 0 Å². The third kappa shape index (κ3) is 8.33. The summed E-state index contributed by atoms with van der Waals surface area (Å²) in [5.74, 6) is 0.930. The summed E-state index contributed by atoms with van der Waals surface area (Å²) in [7, 11) is 2.59. The summed E-state index contributed by atoms with van der Waals surface area (Å²) in [5.41, 5.74) is 8.20. The van der Waals surface area contributed by atoms with E-state index in [1.165, 1.54) is 62.2 Å². The molecule has 2 bridgehead atoms. The first kappa shape index (κ1) is 44.6. The van der Waals surface area contributed by atoms with Crippen molar-refractivity contribution in [1.82, 2.24) is 40.4 Å². The molecule has 10 rings (SSSR count). The van der Waals surface area contributed by atoms with Crippen molar-refractivity contribution in [2.45, 2.75) is 114 Å². The van der Waals surface area contributed by atoms with Gasteiger partial charge in [0.2, 0.25) is 5.91 Å². The largest absolute Gasteiger partial charge is 0.453 e. The van der Waals surface area contributed by atoms with Crippen molar-refractivity contribution in [2.75, 3.05) is 47.1 Å². The first-order valence-electron chi connectivity index (χ1n) is 23.2. The summed E-state index contributed by atoms with van der Waals surface area (Å²) in [6, 6.07) is 11.9. The molecule has 2 aromatic carbocycles. The number of H-pyrrole nitrogens is 2. The molecule has 5 heterocycles. The Morgan fingerprint density at radius 2 is 1.43 bits per heavy atom. The van der Waals surface area contributed by atoms with Crippen LogP contribution in [0.25, 0.3) is 33.6 Å². The van der Waals surface area contributed by atoms with Crippen LogP contribution in [0.15, 0.2) is 48.8 Å². The van der Waals surface area contributed by atoms with Crippen LogP contribution in [0, 0.1) is 11.8 Å². The van der Waals surface area contributed by atoms with Crippen LogP contribution in [0.1, 0.15) is 119 Å². The number of aromatic nitrogens is 4. The minimum Gasteiger partial charge on any atom is -0.453 e. The van der Waals surface area contributed by atoms with Gasteiger partial charge in [-0.15, -0.1) is 0 Å². The molecular weight excluding hydrogens is 829 g/mol. The zero-order valence-electron chi connectivity index (χ0n) is 38.3. The highest BCUT2D eigenvalue weighted by molar-refractivity contribution is 5.87. The minimum atomic E-state index is -1.09. The molecule has 3 aliphatic heterocycles. The number of aromatic amines is 2. The Labute approximate surface area is 379 Å². The molecule has 2 aromatic heterocycles. The number of imidazole rings is 2. The highest BCUT2D eigenvalue weighted by Gasteiger charge is 2.53. The van der Waals surface area contributed by atoms with Crippen molar-refractivity contribution in [2.24, 2.45) is 11.8 Å². The highest BCUT2D eigenvalue weighted by atomic mass is 16.7. The van der Waals surface area contributed by atoms with E-state index in [1.807, 2.05) is 40.1 Å². The molecule has 3 saturated heterocycles. The molecule has 4 fully saturated rings. The standard InChI is InChI=1S/C49H62N8O8/c1-28(2)42(54-46(60)62-5)45(59)57-26-49(64-20-21-65-49)22-39(57)44-50-23-36(52-44)31-11-9-30(10-12-31)34-17-18-35(41-33-15-13-32(14-16-33)40(34)41)37-24-51-43(53-37)38-8-7-19-56(38)25-48(27-58,29(3)4)55-47(61)63-6/h9-12,17-18,23-24,27-29,32-33,38-39,42H,7-8,13-16,19-22,25-26H2,1-6H3,(H,50,52)(H,51,53)(H,54,60)(H,55,61). The van der Waals surface area contributed by atoms with E-state index in [9.17, 15) is 19.2 Å². The number of likely N-dealkylation sites (tertiary alicyclic amines) is 2. The summed E-state index contributed by atoms with van der Waals surface area (Å²) in [6.07, 6.45) is 10.3. The second-order valence-electron chi connectivity index (χ2n) is 19.2. The van der Waals surface area contributed by atoms with Crippen molar-refractivity contribution in [3.05, 3.63) is 71.6 Å². The number of nitrogens with zero attached hydrogens (tertiary/aromatic N) is 4. The molecule has 16 nitrogen and oxygen atoms in total. The number of carbonyl (C=O) groups excluding carboxylic acids is 4. The number of alkyl carbamates (subject to hydrolysis) is 2. The average Bonchev–Trinajstić information content (AvgIpc) is 4.19. The molecule has 4 N–H and O–H groups in total. The number of nitrogens with one attached hydrogen (secondary N) is 4. The van der Waals surface area contributed by atoms with Gasteiger partial charge in [-0.25, -0.2) is 19.6 Å². The van der Waals surface area contributed by atoms with Crippen molar-refractivity contribution < 1.29 is 38.1 Å². The van der Waals surface area contributed by atoms with E-state index in [-0.39, 0.29) is 30.3 Å². The van der Waals surface area contributed by atoms with Gasteiger partial charge in [-0.05, 0) is 96.6 Å². The Morgan fingerprint density at radius 3 is 2.06 bits per heavy atom. The summed E-state index contributed by atoms with van der Waals surface area (Å²) in [6.45, 7) is 9.91. The number of amides is 3. The van der Waals surface area contributed by atoms with Crippen LogP contribution in [0.3, 0.4) is 0 Å². The molecule has 6 aliphatic rings. The molecule has 65 heavy (non-hydrogen) atoms. The Balaban J connectivity index is 0.967. The van der Waals surface area contributed by atoms with Gasteiger partial charge in [-0.2, -0.15) is 0 Å². The first-order valence-corrected chi connectivity index (χ1v) is 23.2. The van der Waals surface area contributed by atoms with Crippen LogP contribution >= 0.6 is 0 Å². The summed E-state index contributed by atoms with van der Waals surface area (Å²) in [4.78, 5) is 72.2. The van der Waals surface area contributed by atoms with Crippen molar-refractivity contribution in [1.29, 1.82) is 0 Å². The normalized spacial score (nSPS) is 23.7. The molecule has 4 aromatic rings. The molecule has 3 amide bonds. The average molecular weight is 891 g/mol. The topological polar surface area (TPSA) is 193 Å². The third-order valence-electron chi connectivity index (χ3n) is 14.8. The van der Waals surface area contributed by atoms with E-state index in [0.717, 1.165) is 54.0 Å². The maximum atomic E-state index is 14.1. The van der Waals surface area contributed by atoms with Gasteiger partial charge in [0, 0.05) is 18.5 Å². The fourth-order valence-electron chi connectivity index (χ4n) is 11.2. The lowest BCUT2D eigenvalue weighted by molar-refractivity contribution is -0.153. The number of hydrogen-bond acceptors (Lipinski definition) is 11. The van der Waals surface area contributed by atoms with E-state index in [1.54, 1.807) is 4.90 Å². The fourth-order valence-corrected chi connectivity index (χ4v) is 11.2. The lowest BCUT2D eigenvalue weighted by Crippen LogP contribution is -2.60. The molecule has 0 radical (unpaired) electrons. The Hall–Kier alpha value is -5.58. The van der Waals surface area contributed by atoms with E-state index in [0.29, 0.717) is 43.8 Å². The number of benzene rings is 2. The number of carbonyl (C=O) groups is 4. The van der Waals surface area contributed by atoms with Gasteiger partial charge < -0.3 is 49.2 Å². The lowest BCUT2D eigenvalue weighted by atomic mass is 9.64. The fraction of sp³-hybridized carbons (Fsp3) is 0.551. The smallest absolute Gasteiger partial charge is 0.407 e. The quantitative estimate of drug-likeness (QED) is 0.0980. The predicted octanol–water partition coefficient (Wildman–Crippen LogP) is 7.37. The van der Waals surface area contributed by atoms with Crippen molar-refractivity contribution in [3.63, 3.8) is 0 Å². The summed E-state index contributed by atoms with van der Waals surface area (Å²) >= 11 is 0. The Kier molecular flexibility index (Phi) is 12.4. The molecule has 3 aliphatic carbocycles. The van der Waals surface area contributed by atoms with Gasteiger partial charge in [0.1, 0.15) is 29.5 Å². The van der Waals surface area contributed by atoms with Gasteiger partial charge >= 0.3 is 12.2 Å². The zero-order valence-corrected chi connectivity index (χ0v) is 38.3. The van der Waals surface area contributed by atoms with Gasteiger partial charge in [-0.1, -0.05) is 64.1 Å². The second kappa shape index (κ2) is 18.0. The van der Waals surface area contributed by atoms with Gasteiger partial charge in [0.05, 0.1) is 69.8 Å². The summed E-state index contributed by atoms with van der Waals surface area (Å²) in [5, 5.41) is 5.56.